The third-order valence-corrected chi connectivity index (χ3v) is 3.91. The van der Waals surface area contributed by atoms with E-state index in [4.69, 9.17) is 15.2 Å². The second-order valence-corrected chi connectivity index (χ2v) is 5.32. The van der Waals surface area contributed by atoms with E-state index in [1.807, 2.05) is 29.2 Å². The fourth-order valence-electron chi connectivity index (χ4n) is 2.72. The Morgan fingerprint density at radius 2 is 1.90 bits per heavy atom. The molecule has 1 amide bonds. The number of hydrogen-bond donors (Lipinski definition) is 1. The first-order chi connectivity index (χ1) is 10.3. The highest BCUT2D eigenvalue weighted by atomic mass is 16.6. The maximum absolute atomic E-state index is 12.5. The van der Waals surface area contributed by atoms with Gasteiger partial charge in [-0.25, -0.2) is 0 Å². The Hall–Kier alpha value is -1.79. The van der Waals surface area contributed by atoms with Crippen molar-refractivity contribution in [3.8, 4) is 11.5 Å². The average molecular weight is 291 g/mol. The molecule has 6 nitrogen and oxygen atoms in total. The van der Waals surface area contributed by atoms with E-state index >= 15 is 0 Å². The average Bonchev–Trinajstić information content (AvgIpc) is 2.55. The minimum atomic E-state index is -0.541. The summed E-state index contributed by atoms with van der Waals surface area (Å²) in [5, 5.41) is 0. The number of amides is 1. The summed E-state index contributed by atoms with van der Waals surface area (Å²) in [6, 6.07) is 7.44. The summed E-state index contributed by atoms with van der Waals surface area (Å²) in [7, 11) is 0. The predicted molar refractivity (Wildman–Crippen MR) is 78.4 cm³/mol. The monoisotopic (exact) mass is 291 g/mol. The zero-order valence-corrected chi connectivity index (χ0v) is 12.0. The van der Waals surface area contributed by atoms with Gasteiger partial charge in [-0.3, -0.25) is 9.69 Å². The molecule has 0 saturated carbocycles. The smallest absolute Gasteiger partial charge is 0.267 e. The fraction of sp³-hybridized carbons (Fsp3) is 0.533. The van der Waals surface area contributed by atoms with Crippen molar-refractivity contribution in [2.45, 2.75) is 6.10 Å². The molecule has 21 heavy (non-hydrogen) atoms. The fourth-order valence-corrected chi connectivity index (χ4v) is 2.72. The summed E-state index contributed by atoms with van der Waals surface area (Å²) in [4.78, 5) is 16.6. The number of nitrogens with two attached hydrogens (primary N) is 1. The van der Waals surface area contributed by atoms with Gasteiger partial charge in [0.25, 0.3) is 5.91 Å². The summed E-state index contributed by atoms with van der Waals surface area (Å²) < 4.78 is 11.4. The molecule has 2 N–H and O–H groups in total. The molecule has 0 unspecified atom stereocenters. The molecule has 6 heteroatoms. The van der Waals surface area contributed by atoms with Gasteiger partial charge in [-0.1, -0.05) is 12.1 Å². The van der Waals surface area contributed by atoms with Gasteiger partial charge < -0.3 is 20.1 Å². The van der Waals surface area contributed by atoms with E-state index in [1.54, 1.807) is 0 Å². The highest BCUT2D eigenvalue weighted by Crippen LogP contribution is 2.31. The van der Waals surface area contributed by atoms with Gasteiger partial charge in [0.2, 0.25) is 6.10 Å². The van der Waals surface area contributed by atoms with Gasteiger partial charge in [0, 0.05) is 39.3 Å². The van der Waals surface area contributed by atoms with Crippen LogP contribution in [0.3, 0.4) is 0 Å². The lowest BCUT2D eigenvalue weighted by atomic mass is 10.2. The van der Waals surface area contributed by atoms with E-state index in [-0.39, 0.29) is 12.5 Å². The Labute approximate surface area is 124 Å². The van der Waals surface area contributed by atoms with E-state index in [2.05, 4.69) is 4.90 Å². The van der Waals surface area contributed by atoms with Gasteiger partial charge in [0.05, 0.1) is 0 Å². The molecule has 1 atom stereocenters. The van der Waals surface area contributed by atoms with Crippen LogP contribution in [0.1, 0.15) is 0 Å². The van der Waals surface area contributed by atoms with Gasteiger partial charge in [-0.15, -0.1) is 0 Å². The second kappa shape index (κ2) is 6.32. The van der Waals surface area contributed by atoms with Gasteiger partial charge in [0.1, 0.15) is 6.61 Å². The van der Waals surface area contributed by atoms with Crippen molar-refractivity contribution < 1.29 is 14.3 Å². The van der Waals surface area contributed by atoms with Crippen LogP contribution in [-0.4, -0.2) is 67.7 Å². The highest BCUT2D eigenvalue weighted by Gasteiger charge is 2.32. The number of fused-ring (bicyclic) bond motifs is 1. The zero-order chi connectivity index (χ0) is 14.7. The molecule has 1 aromatic carbocycles. The molecule has 1 saturated heterocycles. The molecule has 0 spiro atoms. The number of carbonyl (C=O) groups excluding carboxylic acids is 1. The summed E-state index contributed by atoms with van der Waals surface area (Å²) in [6.07, 6.45) is -0.541. The second-order valence-electron chi connectivity index (χ2n) is 5.32. The van der Waals surface area contributed by atoms with Crippen LogP contribution >= 0.6 is 0 Å². The minimum absolute atomic E-state index is 0.0110. The Kier molecular flexibility index (Phi) is 4.26. The Balaban J connectivity index is 1.57. The van der Waals surface area contributed by atoms with Crippen LogP contribution < -0.4 is 15.2 Å². The molecular weight excluding hydrogens is 270 g/mol. The van der Waals surface area contributed by atoms with Crippen molar-refractivity contribution in [3.63, 3.8) is 0 Å². The van der Waals surface area contributed by atoms with Gasteiger partial charge >= 0.3 is 0 Å². The molecule has 0 aliphatic carbocycles. The number of hydrogen-bond acceptors (Lipinski definition) is 5. The first-order valence-corrected chi connectivity index (χ1v) is 7.37. The lowest BCUT2D eigenvalue weighted by Gasteiger charge is -2.37. The predicted octanol–water partition coefficient (Wildman–Crippen LogP) is -0.0707. The Bertz CT molecular complexity index is 501. The number of rotatable bonds is 3. The number of benzene rings is 1. The molecule has 3 rings (SSSR count). The van der Waals surface area contributed by atoms with Crippen LogP contribution in [0.2, 0.25) is 0 Å². The van der Waals surface area contributed by atoms with Crippen LogP contribution in [0.4, 0.5) is 0 Å². The summed E-state index contributed by atoms with van der Waals surface area (Å²) in [5.41, 5.74) is 5.56. The van der Waals surface area contributed by atoms with E-state index < -0.39 is 6.10 Å². The molecule has 2 aliphatic heterocycles. The Morgan fingerprint density at radius 3 is 2.62 bits per heavy atom. The maximum atomic E-state index is 12.5. The van der Waals surface area contributed by atoms with Crippen molar-refractivity contribution in [1.82, 2.24) is 9.80 Å². The van der Waals surface area contributed by atoms with Crippen LogP contribution in [-0.2, 0) is 4.79 Å². The first-order valence-electron chi connectivity index (χ1n) is 7.37. The zero-order valence-electron chi connectivity index (χ0n) is 12.0. The largest absolute Gasteiger partial charge is 0.485 e. The molecule has 1 fully saturated rings. The third kappa shape index (κ3) is 3.11. The lowest BCUT2D eigenvalue weighted by Crippen LogP contribution is -2.54. The molecule has 2 heterocycles. The van der Waals surface area contributed by atoms with Crippen LogP contribution in [0.5, 0.6) is 11.5 Å². The van der Waals surface area contributed by atoms with E-state index in [1.165, 1.54) is 0 Å². The van der Waals surface area contributed by atoms with Crippen molar-refractivity contribution in [1.29, 1.82) is 0 Å². The standard InChI is InChI=1S/C15H21N3O3/c16-5-6-17-7-9-18(10-8-17)15(19)14-11-20-12-3-1-2-4-13(12)21-14/h1-4,14H,5-11,16H2/t14-/m0/s1. The summed E-state index contributed by atoms with van der Waals surface area (Å²) in [6.45, 7) is 5.00. The van der Waals surface area contributed by atoms with Crippen LogP contribution in [0, 0.1) is 0 Å². The lowest BCUT2D eigenvalue weighted by molar-refractivity contribution is -0.143. The van der Waals surface area contributed by atoms with Crippen molar-refractivity contribution >= 4 is 5.91 Å². The molecule has 0 aromatic heterocycles. The van der Waals surface area contributed by atoms with Gasteiger partial charge in [-0.2, -0.15) is 0 Å². The highest BCUT2D eigenvalue weighted by molar-refractivity contribution is 5.82. The van der Waals surface area contributed by atoms with Crippen LogP contribution in [0.25, 0.3) is 0 Å². The number of piperazine rings is 1. The molecule has 0 bridgehead atoms. The normalized spacial score (nSPS) is 22.1. The molecule has 0 radical (unpaired) electrons. The molecular formula is C15H21N3O3. The van der Waals surface area contributed by atoms with Crippen molar-refractivity contribution in [2.75, 3.05) is 45.9 Å². The quantitative estimate of drug-likeness (QED) is 0.844. The summed E-state index contributed by atoms with van der Waals surface area (Å²) >= 11 is 0. The van der Waals surface area contributed by atoms with E-state index in [0.717, 1.165) is 32.7 Å². The summed E-state index contributed by atoms with van der Waals surface area (Å²) in [5.74, 6) is 1.36. The number of ether oxygens (including phenoxy) is 2. The van der Waals surface area contributed by atoms with Crippen LogP contribution in [0.15, 0.2) is 24.3 Å². The van der Waals surface area contributed by atoms with Gasteiger partial charge in [-0.05, 0) is 12.1 Å². The third-order valence-electron chi connectivity index (χ3n) is 3.91. The SMILES string of the molecule is NCCN1CCN(C(=O)[C@@H]2COc3ccccc3O2)CC1. The van der Waals surface area contributed by atoms with E-state index in [0.29, 0.717) is 18.0 Å². The molecule has 2 aliphatic rings. The number of nitrogens with zero attached hydrogens (tertiary/aromatic N) is 2. The number of carbonyl (C=O) groups is 1. The Morgan fingerprint density at radius 1 is 1.19 bits per heavy atom. The van der Waals surface area contributed by atoms with Crippen molar-refractivity contribution in [2.24, 2.45) is 5.73 Å². The van der Waals surface area contributed by atoms with Crippen molar-refractivity contribution in [3.05, 3.63) is 24.3 Å². The maximum Gasteiger partial charge on any atom is 0.267 e. The topological polar surface area (TPSA) is 68.0 Å². The number of para-hydroxylation sites is 2. The van der Waals surface area contributed by atoms with Gasteiger partial charge in [0.15, 0.2) is 11.5 Å². The molecule has 114 valence electrons. The molecule has 1 aromatic rings. The first kappa shape index (κ1) is 14.2. The van der Waals surface area contributed by atoms with E-state index in [9.17, 15) is 4.79 Å². The minimum Gasteiger partial charge on any atom is -0.485 e.